The van der Waals surface area contributed by atoms with E-state index in [0.29, 0.717) is 10.5 Å². The molecule has 0 unspecified atom stereocenters. The molecule has 3 rings (SSSR count). The first-order valence-corrected chi connectivity index (χ1v) is 7.69. The minimum atomic E-state index is -4.35. The molecule has 0 atom stereocenters. The predicted octanol–water partition coefficient (Wildman–Crippen LogP) is 5.05. The fraction of sp³-hybridized carbons (Fsp3) is 0.118. The topological polar surface area (TPSA) is 56.9 Å². The lowest BCUT2D eigenvalue weighted by atomic mass is 10.2. The Bertz CT molecular complexity index is 921. The lowest BCUT2D eigenvalue weighted by Gasteiger charge is -2.14. The van der Waals surface area contributed by atoms with E-state index in [1.807, 2.05) is 0 Å². The molecule has 0 aliphatic rings. The van der Waals surface area contributed by atoms with Crippen LogP contribution in [0.1, 0.15) is 10.5 Å². The van der Waals surface area contributed by atoms with E-state index in [-0.39, 0.29) is 17.1 Å². The van der Waals surface area contributed by atoms with E-state index in [2.05, 4.69) is 15.6 Å². The van der Waals surface area contributed by atoms with Crippen LogP contribution in [0.2, 0.25) is 5.02 Å². The van der Waals surface area contributed by atoms with Gasteiger partial charge in [-0.05, 0) is 30.3 Å². The van der Waals surface area contributed by atoms with Gasteiger partial charge in [-0.1, -0.05) is 29.8 Å². The van der Waals surface area contributed by atoms with Gasteiger partial charge in [0.15, 0.2) is 0 Å². The van der Waals surface area contributed by atoms with Gasteiger partial charge >= 0.3 is 6.18 Å². The molecule has 130 valence electrons. The number of H-pyrrole nitrogens is 1. The molecular weight excluding hydrogens is 355 g/mol. The largest absolute Gasteiger partial charge is 0.405 e. The first-order chi connectivity index (χ1) is 11.8. The Kier molecular flexibility index (Phi) is 4.59. The number of carbonyl (C=O) groups is 1. The molecule has 0 saturated carbocycles. The number of anilines is 2. The van der Waals surface area contributed by atoms with E-state index in [0.717, 1.165) is 5.39 Å². The van der Waals surface area contributed by atoms with Crippen molar-refractivity contribution in [3.63, 3.8) is 0 Å². The number of amides is 1. The van der Waals surface area contributed by atoms with Crippen LogP contribution in [0.4, 0.5) is 24.5 Å². The van der Waals surface area contributed by atoms with Gasteiger partial charge in [0.1, 0.15) is 12.2 Å². The number of aromatic nitrogens is 1. The van der Waals surface area contributed by atoms with Crippen molar-refractivity contribution in [3.8, 4) is 0 Å². The maximum atomic E-state index is 12.4. The number of fused-ring (bicyclic) bond motifs is 1. The number of para-hydroxylation sites is 2. The zero-order chi connectivity index (χ0) is 18.0. The molecule has 4 nitrogen and oxygen atoms in total. The van der Waals surface area contributed by atoms with Crippen LogP contribution in [0.15, 0.2) is 48.5 Å². The minimum Gasteiger partial charge on any atom is -0.375 e. The molecule has 8 heteroatoms. The Hall–Kier alpha value is -2.67. The number of alkyl halides is 3. The Morgan fingerprint density at radius 1 is 1.08 bits per heavy atom. The predicted molar refractivity (Wildman–Crippen MR) is 92.2 cm³/mol. The van der Waals surface area contributed by atoms with Crippen LogP contribution in [0.3, 0.4) is 0 Å². The van der Waals surface area contributed by atoms with E-state index >= 15 is 0 Å². The minimum absolute atomic E-state index is 0.187. The number of rotatable bonds is 4. The lowest BCUT2D eigenvalue weighted by molar-refractivity contribution is -0.115. The molecule has 0 saturated heterocycles. The van der Waals surface area contributed by atoms with Crippen molar-refractivity contribution in [1.29, 1.82) is 0 Å². The highest BCUT2D eigenvalue weighted by atomic mass is 35.5. The van der Waals surface area contributed by atoms with Gasteiger partial charge < -0.3 is 15.6 Å². The smallest absolute Gasteiger partial charge is 0.375 e. The molecular formula is C17H13ClF3N3O. The molecule has 2 aromatic carbocycles. The number of benzene rings is 2. The summed E-state index contributed by atoms with van der Waals surface area (Å²) in [5.74, 6) is -0.464. The quantitative estimate of drug-likeness (QED) is 0.604. The maximum Gasteiger partial charge on any atom is 0.405 e. The fourth-order valence-corrected chi connectivity index (χ4v) is 2.53. The van der Waals surface area contributed by atoms with Crippen molar-refractivity contribution in [2.75, 3.05) is 17.2 Å². The SMILES string of the molecule is O=C(Nc1ccccc1NCC(F)(F)F)c1cc2ccc(Cl)cc2[nH]1. The number of halogens is 4. The lowest BCUT2D eigenvalue weighted by Crippen LogP contribution is -2.22. The molecule has 1 aromatic heterocycles. The summed E-state index contributed by atoms with van der Waals surface area (Å²) in [6, 6.07) is 13.0. The fourth-order valence-electron chi connectivity index (χ4n) is 2.35. The second-order valence-electron chi connectivity index (χ2n) is 5.38. The molecule has 0 aliphatic heterocycles. The van der Waals surface area contributed by atoms with E-state index in [1.165, 1.54) is 12.1 Å². The summed E-state index contributed by atoms with van der Waals surface area (Å²) in [5.41, 5.74) is 1.42. The van der Waals surface area contributed by atoms with Crippen LogP contribution >= 0.6 is 11.6 Å². The first kappa shape index (κ1) is 17.2. The highest BCUT2D eigenvalue weighted by Crippen LogP contribution is 2.25. The third-order valence-electron chi connectivity index (χ3n) is 3.48. The summed E-state index contributed by atoms with van der Waals surface area (Å²) in [5, 5.41) is 6.22. The van der Waals surface area contributed by atoms with Gasteiger partial charge in [0, 0.05) is 15.9 Å². The Morgan fingerprint density at radius 2 is 1.80 bits per heavy atom. The summed E-state index contributed by atoms with van der Waals surface area (Å²) in [7, 11) is 0. The summed E-state index contributed by atoms with van der Waals surface area (Å²) >= 11 is 5.91. The molecule has 3 N–H and O–H groups in total. The van der Waals surface area contributed by atoms with E-state index in [1.54, 1.807) is 36.4 Å². The monoisotopic (exact) mass is 367 g/mol. The number of carbonyl (C=O) groups excluding carboxylic acids is 1. The normalized spacial score (nSPS) is 11.5. The van der Waals surface area contributed by atoms with Crippen molar-refractivity contribution in [2.24, 2.45) is 0 Å². The second-order valence-corrected chi connectivity index (χ2v) is 5.82. The molecule has 1 amide bonds. The number of aromatic amines is 1. The van der Waals surface area contributed by atoms with Crippen molar-refractivity contribution >= 4 is 39.8 Å². The van der Waals surface area contributed by atoms with Crippen LogP contribution < -0.4 is 10.6 Å². The van der Waals surface area contributed by atoms with Crippen LogP contribution in [-0.2, 0) is 0 Å². The third-order valence-corrected chi connectivity index (χ3v) is 3.72. The van der Waals surface area contributed by atoms with Crippen molar-refractivity contribution in [3.05, 3.63) is 59.2 Å². The number of hydrogen-bond donors (Lipinski definition) is 3. The van der Waals surface area contributed by atoms with Crippen molar-refractivity contribution in [1.82, 2.24) is 4.98 Å². The number of nitrogens with one attached hydrogen (secondary N) is 3. The van der Waals surface area contributed by atoms with Crippen LogP contribution in [0, 0.1) is 0 Å². The summed E-state index contributed by atoms with van der Waals surface area (Å²) < 4.78 is 37.2. The van der Waals surface area contributed by atoms with Gasteiger partial charge in [-0.3, -0.25) is 4.79 Å². The summed E-state index contributed by atoms with van der Waals surface area (Å²) in [6.07, 6.45) is -4.35. The van der Waals surface area contributed by atoms with E-state index < -0.39 is 18.6 Å². The standard InChI is InChI=1S/C17H13ClF3N3O/c18-11-6-5-10-7-15(23-14(10)8-11)16(25)24-13-4-2-1-3-12(13)22-9-17(19,20)21/h1-8,22-23H,9H2,(H,24,25). The molecule has 0 spiro atoms. The zero-order valence-electron chi connectivity index (χ0n) is 12.7. The molecule has 0 aliphatic carbocycles. The van der Waals surface area contributed by atoms with Crippen LogP contribution in [0.5, 0.6) is 0 Å². The van der Waals surface area contributed by atoms with Gasteiger partial charge in [0.05, 0.1) is 11.4 Å². The van der Waals surface area contributed by atoms with E-state index in [9.17, 15) is 18.0 Å². The molecule has 25 heavy (non-hydrogen) atoms. The van der Waals surface area contributed by atoms with Gasteiger partial charge in [-0.25, -0.2) is 0 Å². The molecule has 0 radical (unpaired) electrons. The highest BCUT2D eigenvalue weighted by Gasteiger charge is 2.27. The summed E-state index contributed by atoms with van der Waals surface area (Å²) in [4.78, 5) is 15.3. The van der Waals surface area contributed by atoms with Crippen LogP contribution in [0.25, 0.3) is 10.9 Å². The van der Waals surface area contributed by atoms with Crippen molar-refractivity contribution in [2.45, 2.75) is 6.18 Å². The Morgan fingerprint density at radius 3 is 2.52 bits per heavy atom. The Balaban J connectivity index is 1.80. The first-order valence-electron chi connectivity index (χ1n) is 7.31. The molecule has 0 fully saturated rings. The number of hydrogen-bond acceptors (Lipinski definition) is 2. The van der Waals surface area contributed by atoms with Gasteiger partial charge in [0.2, 0.25) is 0 Å². The average Bonchev–Trinajstić information content (AvgIpc) is 2.96. The molecule has 0 bridgehead atoms. The highest BCUT2D eigenvalue weighted by molar-refractivity contribution is 6.31. The maximum absolute atomic E-state index is 12.4. The van der Waals surface area contributed by atoms with E-state index in [4.69, 9.17) is 11.6 Å². The van der Waals surface area contributed by atoms with Gasteiger partial charge in [-0.2, -0.15) is 13.2 Å². The van der Waals surface area contributed by atoms with Crippen LogP contribution in [-0.4, -0.2) is 23.6 Å². The average molecular weight is 368 g/mol. The van der Waals surface area contributed by atoms with Gasteiger partial charge in [-0.15, -0.1) is 0 Å². The molecule has 3 aromatic rings. The molecule has 1 heterocycles. The third kappa shape index (κ3) is 4.24. The summed E-state index contributed by atoms with van der Waals surface area (Å²) in [6.45, 7) is -1.19. The Labute approximate surface area is 146 Å². The van der Waals surface area contributed by atoms with Gasteiger partial charge in [0.25, 0.3) is 5.91 Å². The van der Waals surface area contributed by atoms with Crippen molar-refractivity contribution < 1.29 is 18.0 Å². The second kappa shape index (κ2) is 6.68. The zero-order valence-corrected chi connectivity index (χ0v) is 13.5.